The molecule has 5 rings (SSSR count). The van der Waals surface area contributed by atoms with Gasteiger partial charge in [0, 0.05) is 0 Å². The first-order valence-electron chi connectivity index (χ1n) is 10.7. The fourth-order valence-corrected chi connectivity index (χ4v) is 4.16. The van der Waals surface area contributed by atoms with Gasteiger partial charge in [-0.3, -0.25) is 4.99 Å². The summed E-state index contributed by atoms with van der Waals surface area (Å²) in [5.74, 6) is 2.22. The van der Waals surface area contributed by atoms with Crippen molar-refractivity contribution in [1.29, 1.82) is 0 Å². The highest BCUT2D eigenvalue weighted by Gasteiger charge is 2.46. The molecule has 0 aromatic heterocycles. The van der Waals surface area contributed by atoms with E-state index in [0.29, 0.717) is 16.6 Å². The van der Waals surface area contributed by atoms with E-state index in [9.17, 15) is 0 Å². The molecule has 0 amide bonds. The van der Waals surface area contributed by atoms with Gasteiger partial charge < -0.3 is 4.74 Å². The van der Waals surface area contributed by atoms with Crippen molar-refractivity contribution in [3.05, 3.63) is 78.4 Å². The van der Waals surface area contributed by atoms with Gasteiger partial charge in [0.25, 0.3) is 0 Å². The van der Waals surface area contributed by atoms with Crippen molar-refractivity contribution in [3.8, 4) is 11.5 Å². The first-order chi connectivity index (χ1) is 14.7. The van der Waals surface area contributed by atoms with Crippen LogP contribution in [-0.4, -0.2) is 23.2 Å². The highest BCUT2D eigenvalue weighted by Crippen LogP contribution is 2.39. The average molecular weight is 400 g/mol. The molecule has 0 N–H and O–H groups in total. The third-order valence-electron chi connectivity index (χ3n) is 6.11. The summed E-state index contributed by atoms with van der Waals surface area (Å²) in [4.78, 5) is 8.76. The molecule has 0 bridgehead atoms. The molecule has 2 heterocycles. The molecule has 2 aromatic rings. The summed E-state index contributed by atoms with van der Waals surface area (Å²) in [6, 6.07) is 17.2. The van der Waals surface area contributed by atoms with Crippen molar-refractivity contribution in [2.45, 2.75) is 45.1 Å². The van der Waals surface area contributed by atoms with Crippen LogP contribution in [0.25, 0.3) is 0 Å². The Bertz CT molecular complexity index is 1030. The van der Waals surface area contributed by atoms with Crippen LogP contribution in [0.4, 0.5) is 5.69 Å². The Morgan fingerprint density at radius 3 is 2.30 bits per heavy atom. The van der Waals surface area contributed by atoms with Gasteiger partial charge in [-0.05, 0) is 67.1 Å². The fraction of sp³-hybridized carbons (Fsp3) is 0.280. The van der Waals surface area contributed by atoms with Crippen molar-refractivity contribution in [3.63, 3.8) is 0 Å². The van der Waals surface area contributed by atoms with Crippen LogP contribution in [0.3, 0.4) is 0 Å². The van der Waals surface area contributed by atoms with Crippen molar-refractivity contribution in [2.24, 2.45) is 9.98 Å². The minimum Gasteiger partial charge on any atom is -0.457 e. The van der Waals surface area contributed by atoms with Crippen LogP contribution in [0, 0.1) is 0 Å². The average Bonchev–Trinajstić information content (AvgIpc) is 3.16. The molecule has 5 nitrogen and oxygen atoms in total. The molecule has 2 aromatic carbocycles. The number of hydrogen-bond acceptors (Lipinski definition) is 4. The molecule has 1 aliphatic carbocycles. The summed E-state index contributed by atoms with van der Waals surface area (Å²) >= 11 is 0. The van der Waals surface area contributed by atoms with E-state index < -0.39 is 0 Å². The molecule has 3 aliphatic rings. The maximum Gasteiger partial charge on any atom is 0.225 e. The summed E-state index contributed by atoms with van der Waals surface area (Å²) in [6.07, 6.45) is 13.4. The lowest BCUT2D eigenvalue weighted by Crippen LogP contribution is -2.61. The lowest BCUT2D eigenvalue weighted by molar-refractivity contribution is -0.746. The van der Waals surface area contributed by atoms with E-state index in [2.05, 4.69) is 59.3 Å². The van der Waals surface area contributed by atoms with Gasteiger partial charge in [-0.1, -0.05) is 26.0 Å². The maximum atomic E-state index is 6.08. The normalized spacial score (nSPS) is 22.0. The Hall–Kier alpha value is -3.18. The van der Waals surface area contributed by atoms with Crippen LogP contribution in [0.2, 0.25) is 0 Å². The number of nitrogens with zero attached hydrogens (tertiary/aromatic N) is 4. The molecule has 1 atom stereocenters. The second-order valence-corrected chi connectivity index (χ2v) is 8.38. The van der Waals surface area contributed by atoms with Crippen LogP contribution in [-0.2, 0) is 0 Å². The molecule has 2 aliphatic heterocycles. The smallest absolute Gasteiger partial charge is 0.225 e. The van der Waals surface area contributed by atoms with Crippen LogP contribution >= 0.6 is 0 Å². The van der Waals surface area contributed by atoms with Crippen LogP contribution < -0.4 is 9.75 Å². The van der Waals surface area contributed by atoms with E-state index in [4.69, 9.17) is 4.74 Å². The largest absolute Gasteiger partial charge is 0.457 e. The molecular formula is C25H27N4O+. The lowest BCUT2D eigenvalue weighted by Gasteiger charge is -2.46. The van der Waals surface area contributed by atoms with Gasteiger partial charge in [-0.15, -0.1) is 4.59 Å². The van der Waals surface area contributed by atoms with E-state index in [1.165, 1.54) is 24.8 Å². The number of anilines is 1. The molecule has 1 saturated carbocycles. The molecule has 0 spiro atoms. The predicted molar refractivity (Wildman–Crippen MR) is 122 cm³/mol. The summed E-state index contributed by atoms with van der Waals surface area (Å²) < 4.78 is 6.56. The van der Waals surface area contributed by atoms with Crippen LogP contribution in [0.5, 0.6) is 11.5 Å². The van der Waals surface area contributed by atoms with Crippen molar-refractivity contribution in [2.75, 3.05) is 5.01 Å². The topological polar surface area (TPSA) is 37.2 Å². The highest BCUT2D eigenvalue weighted by molar-refractivity contribution is 5.82. The van der Waals surface area contributed by atoms with Gasteiger partial charge in [-0.2, -0.15) is 0 Å². The molecule has 5 heteroatoms. The van der Waals surface area contributed by atoms with Gasteiger partial charge in [0.2, 0.25) is 12.0 Å². The number of hydrogen-bond donors (Lipinski definition) is 0. The summed E-state index contributed by atoms with van der Waals surface area (Å²) in [6.45, 7) is 4.40. The molecule has 152 valence electrons. The second-order valence-electron chi connectivity index (χ2n) is 8.38. The summed E-state index contributed by atoms with van der Waals surface area (Å²) in [5, 5.41) is 2.44. The quantitative estimate of drug-likeness (QED) is 0.548. The molecule has 1 fully saturated rings. The van der Waals surface area contributed by atoms with Crippen LogP contribution in [0.15, 0.2) is 82.8 Å². The summed E-state index contributed by atoms with van der Waals surface area (Å²) in [5.41, 5.74) is 3.54. The number of aliphatic imine (C=N–C) groups is 2. The molecule has 0 saturated heterocycles. The Kier molecular flexibility index (Phi) is 4.75. The zero-order chi connectivity index (χ0) is 20.6. The number of fused-ring (bicyclic) bond motifs is 1. The number of ether oxygens (including phenoxy) is 1. The van der Waals surface area contributed by atoms with E-state index >= 15 is 0 Å². The third kappa shape index (κ3) is 3.25. The standard InChI is InChI=1S/C25H27N4O/c1-19(2)20-6-10-24(11-7-20)30-25-12-8-22(9-13-25)28(21-4-3-5-21)29-15-14-26-16-23(29)17-27-18-29/h6-19,21H,3-5H2,1-2H3/q+1. The van der Waals surface area contributed by atoms with Gasteiger partial charge in [0.05, 0.1) is 30.3 Å². The fourth-order valence-electron chi connectivity index (χ4n) is 4.16. The Balaban J connectivity index is 1.40. The van der Waals surface area contributed by atoms with Gasteiger partial charge in [-0.25, -0.2) is 10.0 Å². The van der Waals surface area contributed by atoms with Gasteiger partial charge in [0.1, 0.15) is 11.5 Å². The molecule has 1 unspecified atom stereocenters. The van der Waals surface area contributed by atoms with Gasteiger partial charge in [0.15, 0.2) is 6.20 Å². The summed E-state index contributed by atoms with van der Waals surface area (Å²) in [7, 11) is 0. The van der Waals surface area contributed by atoms with E-state index in [0.717, 1.165) is 22.9 Å². The number of quaternary nitrogens is 1. The number of rotatable bonds is 6. The first-order valence-corrected chi connectivity index (χ1v) is 10.7. The van der Waals surface area contributed by atoms with E-state index in [-0.39, 0.29) is 0 Å². The Labute approximate surface area is 177 Å². The molecule has 30 heavy (non-hydrogen) atoms. The lowest BCUT2D eigenvalue weighted by atomic mass is 9.92. The highest BCUT2D eigenvalue weighted by atomic mass is 16.5. The minimum atomic E-state index is 0.476. The van der Waals surface area contributed by atoms with E-state index in [1.54, 1.807) is 0 Å². The van der Waals surface area contributed by atoms with Crippen molar-refractivity contribution < 1.29 is 9.33 Å². The first kappa shape index (κ1) is 18.8. The second kappa shape index (κ2) is 7.58. The Morgan fingerprint density at radius 2 is 1.67 bits per heavy atom. The number of allylic oxidation sites excluding steroid dienone is 1. The van der Waals surface area contributed by atoms with Crippen LogP contribution in [0.1, 0.15) is 44.6 Å². The van der Waals surface area contributed by atoms with Crippen molar-refractivity contribution >= 4 is 18.2 Å². The zero-order valence-electron chi connectivity index (χ0n) is 17.5. The van der Waals surface area contributed by atoms with Gasteiger partial charge >= 0.3 is 0 Å². The maximum absolute atomic E-state index is 6.08. The Morgan fingerprint density at radius 1 is 0.967 bits per heavy atom. The minimum absolute atomic E-state index is 0.476. The molecular weight excluding hydrogens is 372 g/mol. The number of benzene rings is 2. The molecule has 0 radical (unpaired) electrons. The third-order valence-corrected chi connectivity index (χ3v) is 6.11. The predicted octanol–water partition coefficient (Wildman–Crippen LogP) is 6.13. The zero-order valence-corrected chi connectivity index (χ0v) is 17.5. The monoisotopic (exact) mass is 399 g/mol. The van der Waals surface area contributed by atoms with Crippen molar-refractivity contribution in [1.82, 2.24) is 0 Å². The van der Waals surface area contributed by atoms with E-state index in [1.807, 2.05) is 49.2 Å². The SMILES string of the molecule is CC(C)c1ccc(Oc2ccc(N(C3CCC3)[N+]34C=CN=CC3=CN=C4)cc2)cc1.